The predicted molar refractivity (Wildman–Crippen MR) is 66.1 cm³/mol. The van der Waals surface area contributed by atoms with Gasteiger partial charge in [0.15, 0.2) is 6.29 Å². The Morgan fingerprint density at radius 3 is 2.47 bits per heavy atom. The predicted octanol–water partition coefficient (Wildman–Crippen LogP) is 2.32. The van der Waals surface area contributed by atoms with E-state index in [-0.39, 0.29) is 0 Å². The van der Waals surface area contributed by atoms with Crippen molar-refractivity contribution >= 4 is 17.2 Å². The van der Waals surface area contributed by atoms with Crippen molar-refractivity contribution in [3.8, 4) is 11.5 Å². The number of aryl methyl sites for hydroxylation is 2. The second-order valence-electron chi connectivity index (χ2n) is 3.91. The summed E-state index contributed by atoms with van der Waals surface area (Å²) in [5.41, 5.74) is 2.51. The number of carbonyl (C=O) groups is 1. The monoisotopic (exact) mass is 233 g/mol. The van der Waals surface area contributed by atoms with E-state index in [1.165, 1.54) is 0 Å². The minimum atomic E-state index is 0.659. The number of aldehydes is 1. The highest BCUT2D eigenvalue weighted by atomic mass is 16.5. The van der Waals surface area contributed by atoms with Gasteiger partial charge in [0.05, 0.1) is 25.4 Å². The fraction of sp³-hybridized carbons (Fsp3) is 0.308. The number of carbonyl (C=O) groups excluding carboxylic acids is 1. The lowest BCUT2D eigenvalue weighted by Gasteiger charge is -2.07. The summed E-state index contributed by atoms with van der Waals surface area (Å²) in [5, 5.41) is 0.978. The van der Waals surface area contributed by atoms with E-state index in [1.807, 2.05) is 30.7 Å². The molecule has 0 fully saturated rings. The van der Waals surface area contributed by atoms with Crippen LogP contribution in [-0.2, 0) is 7.05 Å². The maximum Gasteiger partial charge on any atom is 0.166 e. The third-order valence-electron chi connectivity index (χ3n) is 3.10. The van der Waals surface area contributed by atoms with Crippen LogP contribution in [0.25, 0.3) is 10.9 Å². The largest absolute Gasteiger partial charge is 0.497 e. The normalized spacial score (nSPS) is 10.6. The van der Waals surface area contributed by atoms with Gasteiger partial charge < -0.3 is 14.0 Å². The van der Waals surface area contributed by atoms with Gasteiger partial charge in [-0.05, 0) is 18.6 Å². The fourth-order valence-corrected chi connectivity index (χ4v) is 2.17. The molecule has 0 unspecified atom stereocenters. The summed E-state index contributed by atoms with van der Waals surface area (Å²) in [5.74, 6) is 1.43. The van der Waals surface area contributed by atoms with Gasteiger partial charge in [0, 0.05) is 18.5 Å². The minimum absolute atomic E-state index is 0.659. The fourth-order valence-electron chi connectivity index (χ4n) is 2.17. The molecule has 0 saturated carbocycles. The van der Waals surface area contributed by atoms with E-state index in [0.29, 0.717) is 11.4 Å². The zero-order valence-electron chi connectivity index (χ0n) is 10.4. The molecule has 0 amide bonds. The van der Waals surface area contributed by atoms with Crippen LogP contribution in [0.1, 0.15) is 16.1 Å². The molecule has 0 aliphatic rings. The average Bonchev–Trinajstić information content (AvgIpc) is 2.60. The van der Waals surface area contributed by atoms with Gasteiger partial charge in [-0.15, -0.1) is 0 Å². The molecule has 0 saturated heterocycles. The Balaban J connectivity index is 2.92. The van der Waals surface area contributed by atoms with Crippen LogP contribution in [0.3, 0.4) is 0 Å². The van der Waals surface area contributed by atoms with Crippen molar-refractivity contribution in [1.29, 1.82) is 0 Å². The van der Waals surface area contributed by atoms with E-state index in [9.17, 15) is 4.79 Å². The maximum atomic E-state index is 11.1. The van der Waals surface area contributed by atoms with Gasteiger partial charge >= 0.3 is 0 Å². The molecule has 1 aromatic heterocycles. The molecule has 0 aliphatic carbocycles. The summed E-state index contributed by atoms with van der Waals surface area (Å²) in [4.78, 5) is 11.1. The molecule has 2 aromatic rings. The lowest BCUT2D eigenvalue weighted by molar-refractivity contribution is 0.111. The van der Waals surface area contributed by atoms with Crippen molar-refractivity contribution in [2.75, 3.05) is 14.2 Å². The molecule has 0 spiro atoms. The highest BCUT2D eigenvalue weighted by Crippen LogP contribution is 2.35. The zero-order chi connectivity index (χ0) is 12.6. The van der Waals surface area contributed by atoms with E-state index < -0.39 is 0 Å². The first kappa shape index (κ1) is 11.5. The van der Waals surface area contributed by atoms with Crippen LogP contribution in [0, 0.1) is 6.92 Å². The third kappa shape index (κ3) is 1.56. The Morgan fingerprint density at radius 1 is 1.24 bits per heavy atom. The van der Waals surface area contributed by atoms with Crippen molar-refractivity contribution < 1.29 is 14.3 Å². The van der Waals surface area contributed by atoms with Gasteiger partial charge in [-0.1, -0.05) is 0 Å². The summed E-state index contributed by atoms with van der Waals surface area (Å²) >= 11 is 0. The molecule has 1 heterocycles. The van der Waals surface area contributed by atoms with Crippen molar-refractivity contribution in [2.45, 2.75) is 6.92 Å². The number of hydrogen-bond acceptors (Lipinski definition) is 3. The lowest BCUT2D eigenvalue weighted by Crippen LogP contribution is -1.97. The second-order valence-corrected chi connectivity index (χ2v) is 3.91. The number of ether oxygens (including phenoxy) is 2. The average molecular weight is 233 g/mol. The molecular formula is C13H15NO3. The molecular weight excluding hydrogens is 218 g/mol. The Bertz CT molecular complexity index is 584. The topological polar surface area (TPSA) is 40.5 Å². The van der Waals surface area contributed by atoms with E-state index >= 15 is 0 Å². The Hall–Kier alpha value is -1.97. The highest BCUT2D eigenvalue weighted by Gasteiger charge is 2.16. The Kier molecular flexibility index (Phi) is 2.79. The van der Waals surface area contributed by atoms with E-state index in [0.717, 1.165) is 28.5 Å². The molecule has 17 heavy (non-hydrogen) atoms. The number of hydrogen-bond donors (Lipinski definition) is 0. The Morgan fingerprint density at radius 2 is 1.94 bits per heavy atom. The summed E-state index contributed by atoms with van der Waals surface area (Å²) in [6.45, 7) is 1.92. The van der Waals surface area contributed by atoms with E-state index in [4.69, 9.17) is 9.47 Å². The molecule has 1 aromatic carbocycles. The Labute approximate surface area is 99.7 Å². The molecule has 0 bridgehead atoms. The van der Waals surface area contributed by atoms with Crippen LogP contribution >= 0.6 is 0 Å². The molecule has 4 nitrogen and oxygen atoms in total. The van der Waals surface area contributed by atoms with Crippen LogP contribution in [0.4, 0.5) is 0 Å². The first-order valence-electron chi connectivity index (χ1n) is 5.30. The summed E-state index contributed by atoms with van der Waals surface area (Å²) in [7, 11) is 5.07. The van der Waals surface area contributed by atoms with Crippen LogP contribution < -0.4 is 9.47 Å². The van der Waals surface area contributed by atoms with Crippen molar-refractivity contribution in [3.63, 3.8) is 0 Å². The second kappa shape index (κ2) is 4.13. The van der Waals surface area contributed by atoms with Gasteiger partial charge in [-0.2, -0.15) is 0 Å². The molecule has 0 radical (unpaired) electrons. The number of benzene rings is 1. The molecule has 2 rings (SSSR count). The number of nitrogens with zero attached hydrogens (tertiary/aromatic N) is 1. The van der Waals surface area contributed by atoms with Crippen LogP contribution in [0.2, 0.25) is 0 Å². The molecule has 90 valence electrons. The first-order chi connectivity index (χ1) is 8.13. The zero-order valence-corrected chi connectivity index (χ0v) is 10.4. The van der Waals surface area contributed by atoms with Crippen LogP contribution in [0.5, 0.6) is 11.5 Å². The van der Waals surface area contributed by atoms with Gasteiger partial charge in [0.2, 0.25) is 0 Å². The molecule has 0 N–H and O–H groups in total. The summed E-state index contributed by atoms with van der Waals surface area (Å²) in [6, 6.07) is 3.73. The summed E-state index contributed by atoms with van der Waals surface area (Å²) in [6.07, 6.45) is 0.862. The van der Waals surface area contributed by atoms with Crippen molar-refractivity contribution in [2.24, 2.45) is 7.05 Å². The number of fused-ring (bicyclic) bond motifs is 1. The van der Waals surface area contributed by atoms with Gasteiger partial charge in [0.25, 0.3) is 0 Å². The first-order valence-corrected chi connectivity index (χ1v) is 5.30. The minimum Gasteiger partial charge on any atom is -0.497 e. The summed E-state index contributed by atoms with van der Waals surface area (Å²) < 4.78 is 12.4. The van der Waals surface area contributed by atoms with Crippen molar-refractivity contribution in [3.05, 3.63) is 23.4 Å². The molecule has 0 atom stereocenters. The van der Waals surface area contributed by atoms with Gasteiger partial charge in [-0.3, -0.25) is 4.79 Å². The number of aromatic nitrogens is 1. The van der Waals surface area contributed by atoms with Crippen LogP contribution in [0.15, 0.2) is 12.1 Å². The highest BCUT2D eigenvalue weighted by molar-refractivity contribution is 5.97. The van der Waals surface area contributed by atoms with Gasteiger partial charge in [-0.25, -0.2) is 0 Å². The van der Waals surface area contributed by atoms with Gasteiger partial charge in [0.1, 0.15) is 11.5 Å². The third-order valence-corrected chi connectivity index (χ3v) is 3.10. The van der Waals surface area contributed by atoms with E-state index in [1.54, 1.807) is 14.2 Å². The SMILES string of the molecule is COc1cc(OC)c2c(c1)c(C)c(C=O)n2C. The molecule has 0 aliphatic heterocycles. The maximum absolute atomic E-state index is 11.1. The standard InChI is InChI=1S/C13H15NO3/c1-8-10-5-9(16-3)6-12(17-4)13(10)14(2)11(8)7-15/h5-7H,1-4H3. The van der Waals surface area contributed by atoms with Crippen LogP contribution in [-0.4, -0.2) is 25.1 Å². The quantitative estimate of drug-likeness (QED) is 0.764. The number of rotatable bonds is 3. The lowest BCUT2D eigenvalue weighted by atomic mass is 10.1. The number of methoxy groups -OCH3 is 2. The van der Waals surface area contributed by atoms with E-state index in [2.05, 4.69) is 0 Å². The smallest absolute Gasteiger partial charge is 0.166 e. The van der Waals surface area contributed by atoms with Crippen molar-refractivity contribution in [1.82, 2.24) is 4.57 Å². The molecule has 4 heteroatoms.